The average molecular weight is 289 g/mol. The number of rotatable bonds is 2. The number of nitrogen functional groups attached to an aromatic ring is 1. The molecule has 0 aliphatic heterocycles. The van der Waals surface area contributed by atoms with Crippen molar-refractivity contribution < 1.29 is 8.78 Å². The minimum atomic E-state index is -0.643. The zero-order chi connectivity index (χ0) is 13.3. The van der Waals surface area contributed by atoms with Crippen molar-refractivity contribution in [3.8, 4) is 0 Å². The van der Waals surface area contributed by atoms with E-state index in [0.29, 0.717) is 5.02 Å². The molecule has 0 spiro atoms. The van der Waals surface area contributed by atoms with Gasteiger partial charge >= 0.3 is 0 Å². The van der Waals surface area contributed by atoms with E-state index in [2.05, 4.69) is 5.32 Å². The minimum absolute atomic E-state index is 0.0929. The fourth-order valence-electron chi connectivity index (χ4n) is 1.41. The SMILES string of the molecule is Nc1cc(Cl)c(F)cc1Nc1cc(Cl)ccc1F. The zero-order valence-corrected chi connectivity index (χ0v) is 10.5. The van der Waals surface area contributed by atoms with Gasteiger partial charge in [-0.15, -0.1) is 0 Å². The van der Waals surface area contributed by atoms with Crippen LogP contribution in [0.5, 0.6) is 0 Å². The largest absolute Gasteiger partial charge is 0.397 e. The summed E-state index contributed by atoms with van der Waals surface area (Å²) < 4.78 is 26.8. The molecular weight excluding hydrogens is 281 g/mol. The maximum absolute atomic E-state index is 13.5. The van der Waals surface area contributed by atoms with Gasteiger partial charge in [0.25, 0.3) is 0 Å². The summed E-state index contributed by atoms with van der Waals surface area (Å²) in [5.41, 5.74) is 6.19. The number of hydrogen-bond donors (Lipinski definition) is 2. The number of hydrogen-bond acceptors (Lipinski definition) is 2. The Labute approximate surface area is 112 Å². The number of nitrogens with two attached hydrogens (primary N) is 1. The van der Waals surface area contributed by atoms with E-state index in [-0.39, 0.29) is 22.1 Å². The van der Waals surface area contributed by atoms with E-state index in [0.717, 1.165) is 6.07 Å². The monoisotopic (exact) mass is 288 g/mol. The van der Waals surface area contributed by atoms with Gasteiger partial charge in [-0.3, -0.25) is 0 Å². The van der Waals surface area contributed by atoms with Gasteiger partial charge in [-0.05, 0) is 24.3 Å². The Morgan fingerprint density at radius 3 is 2.39 bits per heavy atom. The Kier molecular flexibility index (Phi) is 3.59. The smallest absolute Gasteiger partial charge is 0.146 e. The van der Waals surface area contributed by atoms with Gasteiger partial charge in [0.1, 0.15) is 11.6 Å². The number of benzene rings is 2. The summed E-state index contributed by atoms with van der Waals surface area (Å²) in [6, 6.07) is 6.34. The van der Waals surface area contributed by atoms with Crippen molar-refractivity contribution in [1.29, 1.82) is 0 Å². The molecule has 2 rings (SSSR count). The molecule has 0 bridgehead atoms. The molecule has 2 aromatic rings. The summed E-state index contributed by atoms with van der Waals surface area (Å²) in [7, 11) is 0. The third kappa shape index (κ3) is 2.66. The second kappa shape index (κ2) is 5.00. The molecule has 0 unspecified atom stereocenters. The van der Waals surface area contributed by atoms with Crippen LogP contribution in [0, 0.1) is 11.6 Å². The fourth-order valence-corrected chi connectivity index (χ4v) is 1.75. The lowest BCUT2D eigenvalue weighted by Crippen LogP contribution is -1.99. The van der Waals surface area contributed by atoms with Crippen LogP contribution >= 0.6 is 23.2 Å². The Morgan fingerprint density at radius 2 is 1.67 bits per heavy atom. The quantitative estimate of drug-likeness (QED) is 0.793. The molecule has 0 saturated heterocycles. The Balaban J connectivity index is 2.40. The van der Waals surface area contributed by atoms with E-state index in [1.807, 2.05) is 0 Å². The van der Waals surface area contributed by atoms with Crippen LogP contribution in [0.3, 0.4) is 0 Å². The van der Waals surface area contributed by atoms with Gasteiger partial charge in [0.15, 0.2) is 0 Å². The van der Waals surface area contributed by atoms with Gasteiger partial charge in [0, 0.05) is 11.1 Å². The molecule has 0 radical (unpaired) electrons. The van der Waals surface area contributed by atoms with Crippen molar-refractivity contribution in [1.82, 2.24) is 0 Å². The molecule has 2 aromatic carbocycles. The van der Waals surface area contributed by atoms with Crippen LogP contribution in [-0.4, -0.2) is 0 Å². The predicted octanol–water partition coefficient (Wildman–Crippen LogP) is 4.60. The van der Waals surface area contributed by atoms with Crippen LogP contribution in [0.15, 0.2) is 30.3 Å². The lowest BCUT2D eigenvalue weighted by molar-refractivity contribution is 0.627. The maximum atomic E-state index is 13.5. The summed E-state index contributed by atoms with van der Waals surface area (Å²) in [4.78, 5) is 0. The van der Waals surface area contributed by atoms with Crippen LogP contribution < -0.4 is 11.1 Å². The summed E-state index contributed by atoms with van der Waals surface area (Å²) in [5.74, 6) is -1.16. The highest BCUT2D eigenvalue weighted by molar-refractivity contribution is 6.31. The molecule has 6 heteroatoms. The van der Waals surface area contributed by atoms with Crippen LogP contribution in [-0.2, 0) is 0 Å². The van der Waals surface area contributed by atoms with Crippen LogP contribution in [0.1, 0.15) is 0 Å². The van der Waals surface area contributed by atoms with E-state index < -0.39 is 11.6 Å². The molecule has 0 fully saturated rings. The van der Waals surface area contributed by atoms with Crippen LogP contribution in [0.4, 0.5) is 25.8 Å². The standard InChI is InChI=1S/C12H8Cl2F2N2/c13-6-1-2-8(15)11(3-6)18-12-5-9(16)7(14)4-10(12)17/h1-5,18H,17H2. The first-order valence-corrected chi connectivity index (χ1v) is 5.69. The Hall–Kier alpha value is -1.52. The molecule has 0 heterocycles. The van der Waals surface area contributed by atoms with Crippen molar-refractivity contribution in [3.63, 3.8) is 0 Å². The van der Waals surface area contributed by atoms with E-state index in [1.165, 1.54) is 24.3 Å². The van der Waals surface area contributed by atoms with Crippen molar-refractivity contribution in [3.05, 3.63) is 52.0 Å². The molecular formula is C12H8Cl2F2N2. The molecule has 0 amide bonds. The van der Waals surface area contributed by atoms with E-state index >= 15 is 0 Å². The first kappa shape index (κ1) is 12.9. The highest BCUT2D eigenvalue weighted by atomic mass is 35.5. The highest BCUT2D eigenvalue weighted by Crippen LogP contribution is 2.30. The summed E-state index contributed by atoms with van der Waals surface area (Å²) in [6.45, 7) is 0. The fraction of sp³-hybridized carbons (Fsp3) is 0. The van der Waals surface area contributed by atoms with E-state index in [9.17, 15) is 8.78 Å². The predicted molar refractivity (Wildman–Crippen MR) is 70.5 cm³/mol. The Bertz CT molecular complexity index is 603. The van der Waals surface area contributed by atoms with Crippen molar-refractivity contribution >= 4 is 40.3 Å². The maximum Gasteiger partial charge on any atom is 0.146 e. The van der Waals surface area contributed by atoms with E-state index in [1.54, 1.807) is 0 Å². The molecule has 18 heavy (non-hydrogen) atoms. The topological polar surface area (TPSA) is 38.0 Å². The first-order valence-electron chi connectivity index (χ1n) is 4.94. The normalized spacial score (nSPS) is 10.4. The second-order valence-corrected chi connectivity index (χ2v) is 4.45. The van der Waals surface area contributed by atoms with Gasteiger partial charge < -0.3 is 11.1 Å². The van der Waals surface area contributed by atoms with Crippen molar-refractivity contribution in [2.75, 3.05) is 11.1 Å². The lowest BCUT2D eigenvalue weighted by atomic mass is 10.2. The average Bonchev–Trinajstić information content (AvgIpc) is 2.30. The minimum Gasteiger partial charge on any atom is -0.397 e. The molecule has 0 aliphatic carbocycles. The summed E-state index contributed by atoms with van der Waals surface area (Å²) in [5, 5.41) is 2.93. The zero-order valence-electron chi connectivity index (χ0n) is 8.98. The van der Waals surface area contributed by atoms with Crippen LogP contribution in [0.2, 0.25) is 10.0 Å². The summed E-state index contributed by atoms with van der Waals surface area (Å²) in [6.07, 6.45) is 0. The molecule has 2 nitrogen and oxygen atoms in total. The Morgan fingerprint density at radius 1 is 0.944 bits per heavy atom. The molecule has 94 valence electrons. The van der Waals surface area contributed by atoms with Crippen molar-refractivity contribution in [2.45, 2.75) is 0 Å². The van der Waals surface area contributed by atoms with Gasteiger partial charge in [-0.1, -0.05) is 23.2 Å². The molecule has 3 N–H and O–H groups in total. The van der Waals surface area contributed by atoms with Crippen molar-refractivity contribution in [2.24, 2.45) is 0 Å². The number of halogens is 4. The number of nitrogens with one attached hydrogen (secondary N) is 1. The van der Waals surface area contributed by atoms with Gasteiger partial charge in [-0.25, -0.2) is 8.78 Å². The third-order valence-electron chi connectivity index (χ3n) is 2.29. The third-order valence-corrected chi connectivity index (χ3v) is 2.81. The first-order chi connectivity index (χ1) is 8.47. The summed E-state index contributed by atoms with van der Waals surface area (Å²) >= 11 is 11.3. The number of anilines is 3. The molecule has 0 atom stereocenters. The van der Waals surface area contributed by atoms with Gasteiger partial charge in [0.05, 0.1) is 22.1 Å². The second-order valence-electron chi connectivity index (χ2n) is 3.60. The van der Waals surface area contributed by atoms with Gasteiger partial charge in [-0.2, -0.15) is 0 Å². The molecule has 0 aromatic heterocycles. The molecule has 0 saturated carbocycles. The highest BCUT2D eigenvalue weighted by Gasteiger charge is 2.09. The van der Waals surface area contributed by atoms with Crippen LogP contribution in [0.25, 0.3) is 0 Å². The van der Waals surface area contributed by atoms with E-state index in [4.69, 9.17) is 28.9 Å². The molecule has 0 aliphatic rings. The van der Waals surface area contributed by atoms with Gasteiger partial charge in [0.2, 0.25) is 0 Å². The lowest BCUT2D eigenvalue weighted by Gasteiger charge is -2.11.